The van der Waals surface area contributed by atoms with E-state index in [1.807, 2.05) is 42.5 Å². The van der Waals surface area contributed by atoms with Gasteiger partial charge in [0.05, 0.1) is 5.39 Å². The molecule has 0 fully saturated rings. The smallest absolute Gasteiger partial charge is 0.196 e. The van der Waals surface area contributed by atoms with Crippen molar-refractivity contribution in [1.29, 1.82) is 0 Å². The van der Waals surface area contributed by atoms with Gasteiger partial charge in [-0.15, -0.1) is 11.3 Å². The van der Waals surface area contributed by atoms with E-state index in [0.29, 0.717) is 0 Å². The molecule has 1 aromatic heterocycles. The van der Waals surface area contributed by atoms with Gasteiger partial charge < -0.3 is 0 Å². The number of halogens is 1. The van der Waals surface area contributed by atoms with Crippen LogP contribution in [-0.2, 0) is 0 Å². The highest BCUT2D eigenvalue weighted by Gasteiger charge is 2.07. The number of benzene rings is 2. The van der Waals surface area contributed by atoms with Crippen LogP contribution in [-0.4, -0.2) is 0 Å². The van der Waals surface area contributed by atoms with Gasteiger partial charge in [-0.3, -0.25) is 4.79 Å². The summed E-state index contributed by atoms with van der Waals surface area (Å²) in [6, 6.07) is 13.8. The van der Waals surface area contributed by atoms with Gasteiger partial charge in [-0.2, -0.15) is 0 Å². The van der Waals surface area contributed by atoms with Crippen molar-refractivity contribution < 1.29 is 0 Å². The van der Waals surface area contributed by atoms with Crippen molar-refractivity contribution in [3.8, 4) is 0 Å². The largest absolute Gasteiger partial charge is 0.288 e. The van der Waals surface area contributed by atoms with Crippen LogP contribution in [0, 0.1) is 3.57 Å². The van der Waals surface area contributed by atoms with Crippen molar-refractivity contribution in [3.05, 3.63) is 56.3 Å². The van der Waals surface area contributed by atoms with Gasteiger partial charge in [0.2, 0.25) is 0 Å². The molecule has 2 aromatic carbocycles. The second-order valence-electron chi connectivity index (χ2n) is 3.54. The van der Waals surface area contributed by atoms with Crippen molar-refractivity contribution in [1.82, 2.24) is 0 Å². The summed E-state index contributed by atoms with van der Waals surface area (Å²) in [6.07, 6.45) is 0. The molecule has 0 spiro atoms. The van der Waals surface area contributed by atoms with E-state index >= 15 is 0 Å². The lowest BCUT2D eigenvalue weighted by Crippen LogP contribution is -2.02. The molecule has 1 nitrogen and oxygen atoms in total. The molecule has 0 aliphatic rings. The normalized spacial score (nSPS) is 11.1. The molecule has 0 atom stereocenters. The van der Waals surface area contributed by atoms with Gasteiger partial charge in [0.1, 0.15) is 0 Å². The Morgan fingerprint density at radius 2 is 1.69 bits per heavy atom. The Hall–Kier alpha value is -0.940. The highest BCUT2D eigenvalue weighted by Crippen LogP contribution is 2.26. The molecule has 0 radical (unpaired) electrons. The molecule has 1 heterocycles. The van der Waals surface area contributed by atoms with E-state index in [-0.39, 0.29) is 5.43 Å². The molecule has 0 N–H and O–H groups in total. The fraction of sp³-hybridized carbons (Fsp3) is 0. The third kappa shape index (κ3) is 1.46. The lowest BCUT2D eigenvalue weighted by molar-refractivity contribution is 1.71. The maximum atomic E-state index is 12.3. The molecule has 0 saturated carbocycles. The maximum absolute atomic E-state index is 12.3. The number of fused-ring (bicyclic) bond motifs is 2. The van der Waals surface area contributed by atoms with Crippen molar-refractivity contribution in [2.75, 3.05) is 0 Å². The minimum Gasteiger partial charge on any atom is -0.288 e. The zero-order valence-electron chi connectivity index (χ0n) is 8.24. The maximum Gasteiger partial charge on any atom is 0.196 e. The molecular formula is C13H7IOS. The van der Waals surface area contributed by atoms with E-state index in [2.05, 4.69) is 22.6 Å². The van der Waals surface area contributed by atoms with Gasteiger partial charge in [0, 0.05) is 18.4 Å². The fourth-order valence-corrected chi connectivity index (χ4v) is 3.84. The average molecular weight is 338 g/mol. The van der Waals surface area contributed by atoms with E-state index in [4.69, 9.17) is 0 Å². The van der Waals surface area contributed by atoms with Gasteiger partial charge in [-0.1, -0.05) is 18.2 Å². The van der Waals surface area contributed by atoms with Crippen LogP contribution < -0.4 is 5.43 Å². The van der Waals surface area contributed by atoms with E-state index in [0.717, 1.165) is 23.7 Å². The minimum absolute atomic E-state index is 0.148. The first-order valence-corrected chi connectivity index (χ1v) is 6.77. The van der Waals surface area contributed by atoms with E-state index in [1.54, 1.807) is 11.3 Å². The van der Waals surface area contributed by atoms with Crippen LogP contribution in [0.3, 0.4) is 0 Å². The summed E-state index contributed by atoms with van der Waals surface area (Å²) in [5.74, 6) is 0. The first kappa shape index (κ1) is 10.2. The summed E-state index contributed by atoms with van der Waals surface area (Å²) in [6.45, 7) is 0. The predicted octanol–water partition coefficient (Wildman–Crippen LogP) is 4.02. The van der Waals surface area contributed by atoms with Crippen LogP contribution in [0.4, 0.5) is 0 Å². The molecule has 0 saturated heterocycles. The first-order valence-electron chi connectivity index (χ1n) is 4.87. The monoisotopic (exact) mass is 338 g/mol. The summed E-state index contributed by atoms with van der Waals surface area (Å²) in [4.78, 5) is 12.3. The number of hydrogen-bond acceptors (Lipinski definition) is 2. The summed E-state index contributed by atoms with van der Waals surface area (Å²) in [5.41, 5.74) is 0.148. The second-order valence-corrected chi connectivity index (χ2v) is 5.79. The van der Waals surface area contributed by atoms with E-state index in [1.165, 1.54) is 0 Å². The zero-order valence-corrected chi connectivity index (χ0v) is 11.2. The van der Waals surface area contributed by atoms with Crippen LogP contribution in [0.5, 0.6) is 0 Å². The molecule has 0 amide bonds. The zero-order chi connectivity index (χ0) is 11.1. The molecule has 3 aromatic rings. The molecule has 16 heavy (non-hydrogen) atoms. The predicted molar refractivity (Wildman–Crippen MR) is 78.3 cm³/mol. The van der Waals surface area contributed by atoms with Gasteiger partial charge in [-0.25, -0.2) is 0 Å². The molecule has 78 valence electrons. The van der Waals surface area contributed by atoms with Crippen LogP contribution in [0.25, 0.3) is 20.2 Å². The first-order chi connectivity index (χ1) is 7.77. The third-order valence-corrected chi connectivity index (χ3v) is 4.59. The summed E-state index contributed by atoms with van der Waals surface area (Å²) in [7, 11) is 0. The molecule has 0 aliphatic heterocycles. The topological polar surface area (TPSA) is 17.1 Å². The van der Waals surface area contributed by atoms with E-state index < -0.39 is 0 Å². The molecule has 0 aliphatic carbocycles. The SMILES string of the molecule is O=c1c2ccccc2sc2cccc(I)c12. The van der Waals surface area contributed by atoms with Crippen molar-refractivity contribution in [2.45, 2.75) is 0 Å². The highest BCUT2D eigenvalue weighted by molar-refractivity contribution is 14.1. The average Bonchev–Trinajstić information content (AvgIpc) is 2.29. The van der Waals surface area contributed by atoms with Crippen molar-refractivity contribution in [2.24, 2.45) is 0 Å². The van der Waals surface area contributed by atoms with Crippen LogP contribution in [0.1, 0.15) is 0 Å². The Morgan fingerprint density at radius 3 is 2.56 bits per heavy atom. The highest BCUT2D eigenvalue weighted by atomic mass is 127. The van der Waals surface area contributed by atoms with Crippen LogP contribution >= 0.6 is 33.9 Å². The molecular weight excluding hydrogens is 331 g/mol. The fourth-order valence-electron chi connectivity index (χ4n) is 1.81. The minimum atomic E-state index is 0.148. The third-order valence-electron chi connectivity index (χ3n) is 2.55. The van der Waals surface area contributed by atoms with E-state index in [9.17, 15) is 4.79 Å². The Kier molecular flexibility index (Phi) is 2.44. The number of hydrogen-bond donors (Lipinski definition) is 0. The standard InChI is InChI=1S/C13H7IOS/c14-9-5-3-7-11-12(9)13(15)8-4-1-2-6-10(8)16-11/h1-7H. The van der Waals surface area contributed by atoms with Gasteiger partial charge in [0.25, 0.3) is 0 Å². The molecule has 3 heteroatoms. The van der Waals surface area contributed by atoms with Crippen molar-refractivity contribution >= 4 is 54.1 Å². The van der Waals surface area contributed by atoms with Gasteiger partial charge in [0.15, 0.2) is 5.43 Å². The summed E-state index contributed by atoms with van der Waals surface area (Å²) in [5, 5.41) is 1.68. The molecule has 0 unspecified atom stereocenters. The van der Waals surface area contributed by atoms with Crippen LogP contribution in [0.2, 0.25) is 0 Å². The Morgan fingerprint density at radius 1 is 0.938 bits per heavy atom. The van der Waals surface area contributed by atoms with Crippen molar-refractivity contribution in [3.63, 3.8) is 0 Å². The second kappa shape index (κ2) is 3.82. The molecule has 0 bridgehead atoms. The summed E-state index contributed by atoms with van der Waals surface area (Å²) >= 11 is 3.90. The van der Waals surface area contributed by atoms with Gasteiger partial charge in [-0.05, 0) is 46.9 Å². The van der Waals surface area contributed by atoms with Gasteiger partial charge >= 0.3 is 0 Å². The number of rotatable bonds is 0. The Labute approximate surface area is 110 Å². The Bertz CT molecular complexity index is 746. The molecule has 3 rings (SSSR count). The Balaban J connectivity index is 2.67. The summed E-state index contributed by atoms with van der Waals surface area (Å²) < 4.78 is 3.15. The lowest BCUT2D eigenvalue weighted by atomic mass is 10.2. The lowest BCUT2D eigenvalue weighted by Gasteiger charge is -2.01. The van der Waals surface area contributed by atoms with Crippen LogP contribution in [0.15, 0.2) is 47.3 Å². The quantitative estimate of drug-likeness (QED) is 0.447.